The topological polar surface area (TPSA) is 79.3 Å². The number of nitrogens with one attached hydrogen (secondary N) is 2. The number of amides is 2. The average Bonchev–Trinajstić information content (AvgIpc) is 2.73. The first-order chi connectivity index (χ1) is 10.1. The molecule has 22 heavy (non-hydrogen) atoms. The van der Waals surface area contributed by atoms with Crippen molar-refractivity contribution < 1.29 is 9.59 Å². The highest BCUT2D eigenvalue weighted by Crippen LogP contribution is 2.12. The van der Waals surface area contributed by atoms with E-state index in [9.17, 15) is 9.59 Å². The summed E-state index contributed by atoms with van der Waals surface area (Å²) in [6.45, 7) is 10.1. The van der Waals surface area contributed by atoms with Crippen LogP contribution in [0.1, 0.15) is 40.7 Å². The Kier molecular flexibility index (Phi) is 6.11. The van der Waals surface area contributed by atoms with E-state index < -0.39 is 0 Å². The Balaban J connectivity index is 2.48. The summed E-state index contributed by atoms with van der Waals surface area (Å²) < 4.78 is 1.74. The molecule has 124 valence electrons. The molecule has 0 saturated heterocycles. The average molecular weight is 309 g/mol. The van der Waals surface area contributed by atoms with Gasteiger partial charge in [0, 0.05) is 17.6 Å². The van der Waals surface area contributed by atoms with Gasteiger partial charge in [0.1, 0.15) is 5.82 Å². The van der Waals surface area contributed by atoms with Crippen molar-refractivity contribution in [2.45, 2.75) is 46.2 Å². The third-order valence-corrected chi connectivity index (χ3v) is 2.77. The molecule has 7 nitrogen and oxygen atoms in total. The minimum atomic E-state index is -0.274. The van der Waals surface area contributed by atoms with Crippen molar-refractivity contribution >= 4 is 17.6 Å². The van der Waals surface area contributed by atoms with Crippen LogP contribution in [0.3, 0.4) is 0 Å². The van der Waals surface area contributed by atoms with Crippen molar-refractivity contribution in [3.05, 3.63) is 12.3 Å². The van der Waals surface area contributed by atoms with Gasteiger partial charge in [0.2, 0.25) is 11.8 Å². The molecule has 0 aliphatic heterocycles. The summed E-state index contributed by atoms with van der Waals surface area (Å²) in [4.78, 5) is 25.5. The molecule has 0 fully saturated rings. The fourth-order valence-corrected chi connectivity index (χ4v) is 2.01. The molecule has 7 heteroatoms. The van der Waals surface area contributed by atoms with Crippen LogP contribution in [-0.2, 0) is 9.59 Å². The predicted molar refractivity (Wildman–Crippen MR) is 86.6 cm³/mol. The minimum Gasteiger partial charge on any atom is -0.350 e. The van der Waals surface area contributed by atoms with Gasteiger partial charge >= 0.3 is 0 Å². The standard InChI is InChI=1S/C15H27N5O2/c1-11(2)20-12(7-8-16-20)17-13(21)9-19(6)10-14(22)18-15(3,4)5/h7-8,11H,9-10H2,1-6H3,(H,17,21)(H,18,22). The lowest BCUT2D eigenvalue weighted by atomic mass is 10.1. The van der Waals surface area contributed by atoms with E-state index in [0.717, 1.165) is 0 Å². The molecule has 1 aromatic heterocycles. The predicted octanol–water partition coefficient (Wildman–Crippen LogP) is 1.25. The highest BCUT2D eigenvalue weighted by atomic mass is 16.2. The zero-order chi connectivity index (χ0) is 16.9. The molecule has 0 unspecified atom stereocenters. The van der Waals surface area contributed by atoms with E-state index in [0.29, 0.717) is 5.82 Å². The highest BCUT2D eigenvalue weighted by Gasteiger charge is 2.17. The molecular weight excluding hydrogens is 282 g/mol. The van der Waals surface area contributed by atoms with Crippen LogP contribution >= 0.6 is 0 Å². The largest absolute Gasteiger partial charge is 0.350 e. The van der Waals surface area contributed by atoms with Crippen molar-refractivity contribution in [2.75, 3.05) is 25.5 Å². The molecule has 1 rings (SSSR count). The Morgan fingerprint density at radius 3 is 2.41 bits per heavy atom. The second-order valence-electron chi connectivity index (χ2n) is 6.77. The second kappa shape index (κ2) is 7.40. The summed E-state index contributed by atoms with van der Waals surface area (Å²) >= 11 is 0. The number of carbonyl (C=O) groups is 2. The maximum atomic E-state index is 12.0. The van der Waals surface area contributed by atoms with Crippen molar-refractivity contribution in [3.63, 3.8) is 0 Å². The monoisotopic (exact) mass is 309 g/mol. The van der Waals surface area contributed by atoms with Crippen LogP contribution in [0.25, 0.3) is 0 Å². The van der Waals surface area contributed by atoms with Crippen LogP contribution in [0.15, 0.2) is 12.3 Å². The molecular formula is C15H27N5O2. The van der Waals surface area contributed by atoms with Gasteiger partial charge in [-0.1, -0.05) is 0 Å². The van der Waals surface area contributed by atoms with Gasteiger partial charge in [-0.15, -0.1) is 0 Å². The molecule has 2 amide bonds. The smallest absolute Gasteiger partial charge is 0.239 e. The first-order valence-corrected chi connectivity index (χ1v) is 7.41. The fraction of sp³-hybridized carbons (Fsp3) is 0.667. The summed E-state index contributed by atoms with van der Waals surface area (Å²) in [5, 5.41) is 9.84. The van der Waals surface area contributed by atoms with Crippen LogP contribution < -0.4 is 10.6 Å². The number of hydrogen-bond donors (Lipinski definition) is 2. The van der Waals surface area contributed by atoms with Crippen LogP contribution in [0.5, 0.6) is 0 Å². The Hall–Kier alpha value is -1.89. The van der Waals surface area contributed by atoms with Crippen LogP contribution in [0.4, 0.5) is 5.82 Å². The van der Waals surface area contributed by atoms with Gasteiger partial charge in [-0.25, -0.2) is 4.68 Å². The molecule has 0 spiro atoms. The molecule has 0 bridgehead atoms. The summed E-state index contributed by atoms with van der Waals surface area (Å²) in [5.41, 5.74) is -0.274. The molecule has 0 saturated carbocycles. The Morgan fingerprint density at radius 2 is 1.86 bits per heavy atom. The molecule has 2 N–H and O–H groups in total. The van der Waals surface area contributed by atoms with E-state index in [-0.39, 0.29) is 36.5 Å². The van der Waals surface area contributed by atoms with Crippen LogP contribution in [0, 0.1) is 0 Å². The van der Waals surface area contributed by atoms with Crippen LogP contribution in [0.2, 0.25) is 0 Å². The van der Waals surface area contributed by atoms with Gasteiger partial charge in [0.15, 0.2) is 0 Å². The quantitative estimate of drug-likeness (QED) is 0.829. The van der Waals surface area contributed by atoms with Gasteiger partial charge < -0.3 is 10.6 Å². The van der Waals surface area contributed by atoms with E-state index in [1.54, 1.807) is 28.9 Å². The minimum absolute atomic E-state index is 0.102. The van der Waals surface area contributed by atoms with Crippen molar-refractivity contribution in [3.8, 4) is 0 Å². The summed E-state index contributed by atoms with van der Waals surface area (Å²) in [6.07, 6.45) is 1.65. The van der Waals surface area contributed by atoms with E-state index in [4.69, 9.17) is 0 Å². The lowest BCUT2D eigenvalue weighted by molar-refractivity contribution is -0.124. The van der Waals surface area contributed by atoms with E-state index in [1.165, 1.54) is 0 Å². The van der Waals surface area contributed by atoms with Gasteiger partial charge in [0.25, 0.3) is 0 Å². The number of rotatable bonds is 6. The summed E-state index contributed by atoms with van der Waals surface area (Å²) in [5.74, 6) is 0.385. The maximum Gasteiger partial charge on any atom is 0.239 e. The van der Waals surface area contributed by atoms with Gasteiger partial charge in [-0.05, 0) is 41.7 Å². The number of aromatic nitrogens is 2. The SMILES string of the molecule is CC(C)n1nccc1NC(=O)CN(C)CC(=O)NC(C)(C)C. The van der Waals surface area contributed by atoms with Gasteiger partial charge in [-0.3, -0.25) is 14.5 Å². The van der Waals surface area contributed by atoms with Gasteiger partial charge in [0.05, 0.1) is 19.3 Å². The third kappa shape index (κ3) is 6.26. The van der Waals surface area contributed by atoms with E-state index in [1.807, 2.05) is 34.6 Å². The summed E-state index contributed by atoms with van der Waals surface area (Å²) in [7, 11) is 1.74. The van der Waals surface area contributed by atoms with Gasteiger partial charge in [-0.2, -0.15) is 5.10 Å². The molecule has 1 heterocycles. The first kappa shape index (κ1) is 18.2. The lowest BCUT2D eigenvalue weighted by Crippen LogP contribution is -2.46. The van der Waals surface area contributed by atoms with E-state index >= 15 is 0 Å². The third-order valence-electron chi connectivity index (χ3n) is 2.77. The van der Waals surface area contributed by atoms with E-state index in [2.05, 4.69) is 15.7 Å². The number of likely N-dealkylation sites (N-methyl/N-ethyl adjacent to an activating group) is 1. The fourth-order valence-electron chi connectivity index (χ4n) is 2.01. The molecule has 0 atom stereocenters. The molecule has 0 aromatic carbocycles. The Bertz CT molecular complexity index is 516. The zero-order valence-corrected chi connectivity index (χ0v) is 14.3. The first-order valence-electron chi connectivity index (χ1n) is 7.41. The number of anilines is 1. The Morgan fingerprint density at radius 1 is 1.27 bits per heavy atom. The zero-order valence-electron chi connectivity index (χ0n) is 14.3. The molecule has 1 aromatic rings. The van der Waals surface area contributed by atoms with Crippen molar-refractivity contribution in [2.24, 2.45) is 0 Å². The molecule has 0 radical (unpaired) electrons. The molecule has 0 aliphatic rings. The normalized spacial score (nSPS) is 11.8. The highest BCUT2D eigenvalue weighted by molar-refractivity contribution is 5.91. The lowest BCUT2D eigenvalue weighted by Gasteiger charge is -2.23. The summed E-state index contributed by atoms with van der Waals surface area (Å²) in [6, 6.07) is 1.92. The van der Waals surface area contributed by atoms with Crippen molar-refractivity contribution in [1.82, 2.24) is 20.0 Å². The Labute approximate surface area is 132 Å². The maximum absolute atomic E-state index is 12.0. The van der Waals surface area contributed by atoms with Crippen molar-refractivity contribution in [1.29, 1.82) is 0 Å². The second-order valence-corrected chi connectivity index (χ2v) is 6.77. The number of nitrogens with zero attached hydrogens (tertiary/aromatic N) is 3. The number of hydrogen-bond acceptors (Lipinski definition) is 4. The number of carbonyl (C=O) groups excluding carboxylic acids is 2. The van der Waals surface area contributed by atoms with Crippen LogP contribution in [-0.4, -0.2) is 52.2 Å². The molecule has 0 aliphatic carbocycles.